The molecule has 0 radical (unpaired) electrons. The molecule has 0 N–H and O–H groups in total. The van der Waals surface area contributed by atoms with Gasteiger partial charge in [-0.2, -0.15) is 5.10 Å². The highest BCUT2D eigenvalue weighted by molar-refractivity contribution is 5.99. The summed E-state index contributed by atoms with van der Waals surface area (Å²) in [5.74, 6) is 1.62. The van der Waals surface area contributed by atoms with E-state index in [9.17, 15) is 0 Å². The molecule has 0 atom stereocenters. The van der Waals surface area contributed by atoms with Gasteiger partial charge in [-0.1, -0.05) is 18.2 Å². The van der Waals surface area contributed by atoms with Crippen LogP contribution in [0.4, 0.5) is 0 Å². The molecule has 5 heteroatoms. The fraction of sp³-hybridized carbons (Fsp3) is 0.0833. The van der Waals surface area contributed by atoms with Crippen molar-refractivity contribution < 1.29 is 9.47 Å². The number of fused-ring (bicyclic) bond motifs is 2. The first-order valence-corrected chi connectivity index (χ1v) is 9.34. The van der Waals surface area contributed by atoms with Gasteiger partial charge >= 0.3 is 0 Å². The Bertz CT molecular complexity index is 1210. The Labute approximate surface area is 168 Å². The SMILES string of the molecule is COc1ccc(-c2nn(-c3ccc(OC)cc3)c3nc4ccccc4cc23)cc1. The fourth-order valence-corrected chi connectivity index (χ4v) is 3.51. The first kappa shape index (κ1) is 17.3. The predicted molar refractivity (Wildman–Crippen MR) is 115 cm³/mol. The van der Waals surface area contributed by atoms with Gasteiger partial charge in [-0.25, -0.2) is 9.67 Å². The number of ether oxygens (including phenoxy) is 2. The second kappa shape index (κ2) is 6.95. The van der Waals surface area contributed by atoms with Gasteiger partial charge in [-0.15, -0.1) is 0 Å². The van der Waals surface area contributed by atoms with Crippen LogP contribution in [-0.4, -0.2) is 29.0 Å². The first-order valence-electron chi connectivity index (χ1n) is 9.34. The minimum absolute atomic E-state index is 0.805. The lowest BCUT2D eigenvalue weighted by Gasteiger charge is -2.05. The second-order valence-electron chi connectivity index (χ2n) is 6.74. The molecule has 0 saturated carbocycles. The lowest BCUT2D eigenvalue weighted by atomic mass is 10.1. The summed E-state index contributed by atoms with van der Waals surface area (Å²) in [5, 5.41) is 7.03. The van der Waals surface area contributed by atoms with Crippen LogP contribution in [0.25, 0.3) is 38.9 Å². The Hall–Kier alpha value is -3.86. The lowest BCUT2D eigenvalue weighted by Crippen LogP contribution is -1.98. The molecule has 2 aromatic heterocycles. The zero-order valence-corrected chi connectivity index (χ0v) is 16.2. The molecule has 3 aromatic carbocycles. The summed E-state index contributed by atoms with van der Waals surface area (Å²) in [6.07, 6.45) is 0. The standard InChI is InChI=1S/C24H19N3O2/c1-28-19-11-7-16(8-12-19)23-21-15-17-5-3-4-6-22(17)25-24(21)27(26-23)18-9-13-20(29-2)14-10-18/h3-15H,1-2H3. The third-order valence-electron chi connectivity index (χ3n) is 5.04. The molecule has 0 spiro atoms. The summed E-state index contributed by atoms with van der Waals surface area (Å²) in [5.41, 5.74) is 4.59. The summed E-state index contributed by atoms with van der Waals surface area (Å²) in [6.45, 7) is 0. The van der Waals surface area contributed by atoms with E-state index in [-0.39, 0.29) is 0 Å². The normalized spacial score (nSPS) is 11.1. The smallest absolute Gasteiger partial charge is 0.164 e. The molecule has 2 heterocycles. The number of nitrogens with zero attached hydrogens (tertiary/aromatic N) is 3. The maximum Gasteiger partial charge on any atom is 0.164 e. The molecular formula is C24H19N3O2. The molecule has 0 aliphatic rings. The third-order valence-corrected chi connectivity index (χ3v) is 5.04. The lowest BCUT2D eigenvalue weighted by molar-refractivity contribution is 0.414. The zero-order valence-electron chi connectivity index (χ0n) is 16.2. The first-order chi connectivity index (χ1) is 14.3. The number of pyridine rings is 1. The van der Waals surface area contributed by atoms with Crippen LogP contribution in [0.1, 0.15) is 0 Å². The van der Waals surface area contributed by atoms with E-state index in [0.29, 0.717) is 0 Å². The van der Waals surface area contributed by atoms with E-state index in [0.717, 1.165) is 50.4 Å². The van der Waals surface area contributed by atoms with Gasteiger partial charge in [0.2, 0.25) is 0 Å². The molecule has 5 rings (SSSR count). The van der Waals surface area contributed by atoms with Gasteiger partial charge in [0.1, 0.15) is 17.2 Å². The topological polar surface area (TPSA) is 49.2 Å². The molecule has 0 aliphatic heterocycles. The number of methoxy groups -OCH3 is 2. The summed E-state index contributed by atoms with van der Waals surface area (Å²) >= 11 is 0. The van der Waals surface area contributed by atoms with Crippen LogP contribution < -0.4 is 9.47 Å². The minimum atomic E-state index is 0.805. The molecule has 5 aromatic rings. The highest BCUT2D eigenvalue weighted by atomic mass is 16.5. The summed E-state index contributed by atoms with van der Waals surface area (Å²) < 4.78 is 12.5. The highest BCUT2D eigenvalue weighted by Crippen LogP contribution is 2.32. The Morgan fingerprint density at radius 3 is 2.10 bits per heavy atom. The van der Waals surface area contributed by atoms with Crippen molar-refractivity contribution >= 4 is 21.9 Å². The van der Waals surface area contributed by atoms with E-state index in [4.69, 9.17) is 19.6 Å². The maximum atomic E-state index is 5.30. The molecule has 0 fully saturated rings. The molecule has 0 bridgehead atoms. The Morgan fingerprint density at radius 1 is 0.759 bits per heavy atom. The van der Waals surface area contributed by atoms with Crippen molar-refractivity contribution in [3.8, 4) is 28.4 Å². The van der Waals surface area contributed by atoms with Gasteiger partial charge in [0.05, 0.1) is 25.4 Å². The van der Waals surface area contributed by atoms with Gasteiger partial charge in [-0.05, 0) is 60.7 Å². The second-order valence-corrected chi connectivity index (χ2v) is 6.74. The zero-order chi connectivity index (χ0) is 19.8. The fourth-order valence-electron chi connectivity index (χ4n) is 3.51. The Kier molecular flexibility index (Phi) is 4.13. The van der Waals surface area contributed by atoms with Crippen LogP contribution in [0.2, 0.25) is 0 Å². The van der Waals surface area contributed by atoms with Crippen molar-refractivity contribution in [3.63, 3.8) is 0 Å². The number of hydrogen-bond acceptors (Lipinski definition) is 4. The molecular weight excluding hydrogens is 362 g/mol. The Morgan fingerprint density at radius 2 is 1.41 bits per heavy atom. The van der Waals surface area contributed by atoms with Crippen molar-refractivity contribution in [2.75, 3.05) is 14.2 Å². The van der Waals surface area contributed by atoms with Crippen LogP contribution in [0.15, 0.2) is 78.9 Å². The summed E-state index contributed by atoms with van der Waals surface area (Å²) in [4.78, 5) is 4.92. The van der Waals surface area contributed by atoms with Crippen LogP contribution in [-0.2, 0) is 0 Å². The van der Waals surface area contributed by atoms with Crippen LogP contribution in [0.5, 0.6) is 11.5 Å². The summed E-state index contributed by atoms with van der Waals surface area (Å²) in [6, 6.07) is 26.0. The van der Waals surface area contributed by atoms with Crippen molar-refractivity contribution in [2.45, 2.75) is 0 Å². The van der Waals surface area contributed by atoms with Gasteiger partial charge in [0.15, 0.2) is 5.65 Å². The van der Waals surface area contributed by atoms with E-state index < -0.39 is 0 Å². The molecule has 0 aliphatic carbocycles. The molecule has 0 amide bonds. The van der Waals surface area contributed by atoms with Gasteiger partial charge in [0.25, 0.3) is 0 Å². The molecule has 0 saturated heterocycles. The number of rotatable bonds is 4. The predicted octanol–water partition coefficient (Wildman–Crippen LogP) is 5.26. The van der Waals surface area contributed by atoms with Gasteiger partial charge in [0, 0.05) is 16.3 Å². The van der Waals surface area contributed by atoms with Crippen molar-refractivity contribution in [2.24, 2.45) is 0 Å². The average molecular weight is 381 g/mol. The minimum Gasteiger partial charge on any atom is -0.497 e. The number of para-hydroxylation sites is 1. The molecule has 0 unspecified atom stereocenters. The number of benzene rings is 3. The highest BCUT2D eigenvalue weighted by Gasteiger charge is 2.16. The third kappa shape index (κ3) is 2.97. The van der Waals surface area contributed by atoms with Crippen molar-refractivity contribution in [1.82, 2.24) is 14.8 Å². The van der Waals surface area contributed by atoms with E-state index >= 15 is 0 Å². The van der Waals surface area contributed by atoms with E-state index in [1.165, 1.54) is 0 Å². The van der Waals surface area contributed by atoms with Gasteiger partial charge in [-0.3, -0.25) is 0 Å². The molecule has 29 heavy (non-hydrogen) atoms. The largest absolute Gasteiger partial charge is 0.497 e. The number of hydrogen-bond donors (Lipinski definition) is 0. The van der Waals surface area contributed by atoms with Crippen molar-refractivity contribution in [3.05, 3.63) is 78.9 Å². The van der Waals surface area contributed by atoms with E-state index in [1.807, 2.05) is 71.4 Å². The molecule has 5 nitrogen and oxygen atoms in total. The Balaban J connectivity index is 1.78. The quantitative estimate of drug-likeness (QED) is 0.426. The number of aromatic nitrogens is 3. The maximum absolute atomic E-state index is 5.30. The molecule has 142 valence electrons. The summed E-state index contributed by atoms with van der Waals surface area (Å²) in [7, 11) is 3.33. The van der Waals surface area contributed by atoms with E-state index in [2.05, 4.69) is 12.1 Å². The average Bonchev–Trinajstić information content (AvgIpc) is 3.16. The van der Waals surface area contributed by atoms with Crippen LogP contribution >= 0.6 is 0 Å². The van der Waals surface area contributed by atoms with Gasteiger partial charge < -0.3 is 9.47 Å². The van der Waals surface area contributed by atoms with Crippen LogP contribution in [0.3, 0.4) is 0 Å². The monoisotopic (exact) mass is 381 g/mol. The van der Waals surface area contributed by atoms with E-state index in [1.54, 1.807) is 14.2 Å². The van der Waals surface area contributed by atoms with Crippen LogP contribution in [0, 0.1) is 0 Å². The van der Waals surface area contributed by atoms with Crippen molar-refractivity contribution in [1.29, 1.82) is 0 Å².